The third kappa shape index (κ3) is 2.27. The summed E-state index contributed by atoms with van der Waals surface area (Å²) in [5.74, 6) is 1.65. The van der Waals surface area contributed by atoms with Gasteiger partial charge < -0.3 is 4.52 Å². The molecule has 1 aliphatic rings. The predicted molar refractivity (Wildman–Crippen MR) is 80.8 cm³/mol. The van der Waals surface area contributed by atoms with Gasteiger partial charge in [0.1, 0.15) is 0 Å². The summed E-state index contributed by atoms with van der Waals surface area (Å²) in [6.45, 7) is 0. The topological polar surface area (TPSA) is 85.8 Å². The predicted octanol–water partition coefficient (Wildman–Crippen LogP) is 2.25. The molecule has 7 nitrogen and oxygen atoms in total. The number of nitrogens with one attached hydrogen (secondary N) is 1. The molecular formula is C14H11N5O2S. The van der Waals surface area contributed by atoms with Gasteiger partial charge in [0.05, 0.1) is 23.1 Å². The minimum atomic E-state index is -0.363. The fourth-order valence-corrected chi connectivity index (χ4v) is 3.20. The van der Waals surface area contributed by atoms with Crippen molar-refractivity contribution in [1.29, 1.82) is 0 Å². The summed E-state index contributed by atoms with van der Waals surface area (Å²) < 4.78 is 5.17. The van der Waals surface area contributed by atoms with Crippen LogP contribution < -0.4 is 5.32 Å². The molecule has 1 aromatic carbocycles. The molecule has 0 saturated heterocycles. The lowest BCUT2D eigenvalue weighted by atomic mass is 10.3. The molecule has 0 bridgehead atoms. The van der Waals surface area contributed by atoms with Crippen molar-refractivity contribution in [2.45, 2.75) is 11.5 Å². The molecule has 0 unspecified atom stereocenters. The highest BCUT2D eigenvalue weighted by Crippen LogP contribution is 2.34. The number of amides is 1. The van der Waals surface area contributed by atoms with Crippen LogP contribution in [-0.4, -0.2) is 26.1 Å². The van der Waals surface area contributed by atoms with Gasteiger partial charge in [0, 0.05) is 11.5 Å². The van der Waals surface area contributed by atoms with E-state index in [1.165, 1.54) is 11.0 Å². The van der Waals surface area contributed by atoms with E-state index in [2.05, 4.69) is 20.7 Å². The summed E-state index contributed by atoms with van der Waals surface area (Å²) in [5.41, 5.74) is 2.86. The van der Waals surface area contributed by atoms with Gasteiger partial charge in [-0.2, -0.15) is 21.7 Å². The average molecular weight is 313 g/mol. The number of hydrogen-bond donors (Lipinski definition) is 1. The van der Waals surface area contributed by atoms with Crippen molar-refractivity contribution in [1.82, 2.24) is 20.2 Å². The van der Waals surface area contributed by atoms with Crippen LogP contribution in [0.4, 0.5) is 5.88 Å². The molecular weight excluding hydrogens is 302 g/mol. The third-order valence-electron chi connectivity index (χ3n) is 3.29. The number of carbonyl (C=O) groups is 1. The number of thioether (sulfide) groups is 1. The summed E-state index contributed by atoms with van der Waals surface area (Å²) in [4.78, 5) is 13.6. The smallest absolute Gasteiger partial charge is 0.280 e. The van der Waals surface area contributed by atoms with Gasteiger partial charge in [-0.1, -0.05) is 23.4 Å². The van der Waals surface area contributed by atoms with Gasteiger partial charge in [-0.3, -0.25) is 10.1 Å². The highest BCUT2D eigenvalue weighted by atomic mass is 32.2. The maximum absolute atomic E-state index is 12.2. The third-order valence-corrected chi connectivity index (χ3v) is 4.26. The fourth-order valence-electron chi connectivity index (χ4n) is 2.17. The lowest BCUT2D eigenvalue weighted by Gasteiger charge is -2.00. The number of fused-ring (bicyclic) bond motifs is 1. The highest BCUT2D eigenvalue weighted by molar-refractivity contribution is 7.98. The summed E-state index contributed by atoms with van der Waals surface area (Å²) in [6, 6.07) is 9.40. The van der Waals surface area contributed by atoms with Gasteiger partial charge in [-0.25, -0.2) is 0 Å². The monoisotopic (exact) mass is 313 g/mol. The molecule has 0 saturated carbocycles. The van der Waals surface area contributed by atoms with Crippen molar-refractivity contribution < 1.29 is 9.32 Å². The SMILES string of the molecule is O=C(Nc1onc2c1CSC2)c1cnn(-c2ccccc2)n1. The molecule has 3 heterocycles. The molecule has 3 aromatic rings. The van der Waals surface area contributed by atoms with Crippen LogP contribution in [-0.2, 0) is 11.5 Å². The number of anilines is 1. The first kappa shape index (κ1) is 13.1. The second-order valence-electron chi connectivity index (χ2n) is 4.74. The van der Waals surface area contributed by atoms with Gasteiger partial charge in [-0.15, -0.1) is 5.10 Å². The number of hydrogen-bond acceptors (Lipinski definition) is 6. The number of aromatic nitrogens is 4. The number of para-hydroxylation sites is 1. The zero-order valence-electron chi connectivity index (χ0n) is 11.4. The zero-order chi connectivity index (χ0) is 14.9. The second-order valence-corrected chi connectivity index (χ2v) is 5.72. The van der Waals surface area contributed by atoms with Crippen LogP contribution in [0.3, 0.4) is 0 Å². The molecule has 22 heavy (non-hydrogen) atoms. The van der Waals surface area contributed by atoms with Crippen LogP contribution in [0.15, 0.2) is 41.1 Å². The number of nitrogens with zero attached hydrogens (tertiary/aromatic N) is 4. The van der Waals surface area contributed by atoms with E-state index in [0.717, 1.165) is 28.5 Å². The van der Waals surface area contributed by atoms with E-state index in [9.17, 15) is 4.79 Å². The molecule has 0 spiro atoms. The van der Waals surface area contributed by atoms with Crippen LogP contribution in [0.2, 0.25) is 0 Å². The van der Waals surface area contributed by atoms with E-state index < -0.39 is 0 Å². The first-order valence-corrected chi connectivity index (χ1v) is 7.81. The Morgan fingerprint density at radius 3 is 3.00 bits per heavy atom. The van der Waals surface area contributed by atoms with Crippen LogP contribution in [0.1, 0.15) is 21.7 Å². The number of rotatable bonds is 3. The van der Waals surface area contributed by atoms with Crippen molar-refractivity contribution in [2.24, 2.45) is 0 Å². The maximum atomic E-state index is 12.2. The standard InChI is InChI=1S/C14H11N5O2S/c20-13(16-14-10-7-22-8-12(10)18-21-14)11-6-15-19(17-11)9-4-2-1-3-5-9/h1-6H,7-8H2,(H,16,20). The molecule has 110 valence electrons. The van der Waals surface area contributed by atoms with Gasteiger partial charge in [0.15, 0.2) is 5.69 Å². The molecule has 0 atom stereocenters. The fraction of sp³-hybridized carbons (Fsp3) is 0.143. The zero-order valence-corrected chi connectivity index (χ0v) is 12.2. The van der Waals surface area contributed by atoms with Crippen molar-refractivity contribution in [2.75, 3.05) is 5.32 Å². The Morgan fingerprint density at radius 2 is 2.14 bits per heavy atom. The minimum absolute atomic E-state index is 0.222. The van der Waals surface area contributed by atoms with Gasteiger partial charge in [-0.05, 0) is 12.1 Å². The van der Waals surface area contributed by atoms with Crippen LogP contribution in [0.25, 0.3) is 5.69 Å². The quantitative estimate of drug-likeness (QED) is 0.798. The van der Waals surface area contributed by atoms with Crippen molar-refractivity contribution in [3.8, 4) is 5.69 Å². The van der Waals surface area contributed by atoms with E-state index in [0.29, 0.717) is 5.88 Å². The molecule has 1 aliphatic heterocycles. The lowest BCUT2D eigenvalue weighted by Crippen LogP contribution is -2.13. The van der Waals surface area contributed by atoms with Crippen molar-refractivity contribution >= 4 is 23.6 Å². The molecule has 8 heteroatoms. The van der Waals surface area contributed by atoms with E-state index >= 15 is 0 Å². The Kier molecular flexibility index (Phi) is 3.15. The first-order chi connectivity index (χ1) is 10.8. The molecule has 2 aromatic heterocycles. The normalized spacial score (nSPS) is 13.1. The Morgan fingerprint density at radius 1 is 1.27 bits per heavy atom. The summed E-state index contributed by atoms with van der Waals surface area (Å²) in [6.07, 6.45) is 1.42. The van der Waals surface area contributed by atoms with Crippen LogP contribution in [0.5, 0.6) is 0 Å². The summed E-state index contributed by atoms with van der Waals surface area (Å²) in [7, 11) is 0. The number of carbonyl (C=O) groups excluding carboxylic acids is 1. The van der Waals surface area contributed by atoms with Crippen LogP contribution in [0, 0.1) is 0 Å². The molecule has 1 N–H and O–H groups in total. The van der Waals surface area contributed by atoms with Crippen LogP contribution >= 0.6 is 11.8 Å². The summed E-state index contributed by atoms with van der Waals surface area (Å²) in [5, 5.41) is 14.9. The largest absolute Gasteiger partial charge is 0.338 e. The van der Waals surface area contributed by atoms with Crippen molar-refractivity contribution in [3.05, 3.63) is 53.5 Å². The molecule has 0 radical (unpaired) electrons. The Labute approximate surface area is 129 Å². The van der Waals surface area contributed by atoms with Crippen molar-refractivity contribution in [3.63, 3.8) is 0 Å². The molecule has 0 fully saturated rings. The van der Waals surface area contributed by atoms with E-state index in [1.807, 2.05) is 30.3 Å². The molecule has 1 amide bonds. The Hall–Kier alpha value is -2.61. The Balaban J connectivity index is 1.55. The Bertz CT molecular complexity index is 827. The lowest BCUT2D eigenvalue weighted by molar-refractivity contribution is 0.101. The second kappa shape index (κ2) is 5.30. The highest BCUT2D eigenvalue weighted by Gasteiger charge is 2.23. The maximum Gasteiger partial charge on any atom is 0.280 e. The minimum Gasteiger partial charge on any atom is -0.338 e. The van der Waals surface area contributed by atoms with Gasteiger partial charge in [0.2, 0.25) is 5.88 Å². The molecule has 0 aliphatic carbocycles. The van der Waals surface area contributed by atoms with Gasteiger partial charge >= 0.3 is 0 Å². The first-order valence-electron chi connectivity index (χ1n) is 6.65. The van der Waals surface area contributed by atoms with E-state index in [1.54, 1.807) is 11.8 Å². The average Bonchev–Trinajstić information content (AvgIpc) is 3.26. The van der Waals surface area contributed by atoms with E-state index in [-0.39, 0.29) is 11.6 Å². The van der Waals surface area contributed by atoms with E-state index in [4.69, 9.17) is 4.52 Å². The summed E-state index contributed by atoms with van der Waals surface area (Å²) >= 11 is 1.74. The van der Waals surface area contributed by atoms with Gasteiger partial charge in [0.25, 0.3) is 5.91 Å². The number of benzene rings is 1. The molecule has 4 rings (SSSR count).